The zero-order chi connectivity index (χ0) is 21.6. The second-order valence-electron chi connectivity index (χ2n) is 7.10. The Morgan fingerprint density at radius 2 is 1.65 bits per heavy atom. The van der Waals surface area contributed by atoms with Crippen LogP contribution < -0.4 is 20.7 Å². The predicted molar refractivity (Wildman–Crippen MR) is 116 cm³/mol. The van der Waals surface area contributed by atoms with Crippen LogP contribution in [0.15, 0.2) is 78.9 Å². The van der Waals surface area contributed by atoms with Crippen LogP contribution in [0.5, 0.6) is 11.5 Å². The van der Waals surface area contributed by atoms with E-state index < -0.39 is 17.9 Å². The van der Waals surface area contributed by atoms with Crippen LogP contribution in [0.25, 0.3) is 0 Å². The summed E-state index contributed by atoms with van der Waals surface area (Å²) in [4.78, 5) is 37.2. The summed E-state index contributed by atoms with van der Waals surface area (Å²) in [5.74, 6) is 0.218. The second kappa shape index (κ2) is 9.13. The number of rotatable bonds is 6. The van der Waals surface area contributed by atoms with Crippen LogP contribution in [-0.2, 0) is 16.1 Å². The highest BCUT2D eigenvalue weighted by atomic mass is 16.5. The first-order valence-electron chi connectivity index (χ1n) is 9.88. The molecule has 1 atom stereocenters. The summed E-state index contributed by atoms with van der Waals surface area (Å²) in [5.41, 5.74) is 1.65. The van der Waals surface area contributed by atoms with Crippen LogP contribution in [0.3, 0.4) is 0 Å². The molecule has 7 nitrogen and oxygen atoms in total. The quantitative estimate of drug-likeness (QED) is 0.576. The van der Waals surface area contributed by atoms with Crippen molar-refractivity contribution in [2.24, 2.45) is 0 Å². The van der Waals surface area contributed by atoms with Gasteiger partial charge in [-0.15, -0.1) is 0 Å². The number of para-hydroxylation sites is 2. The number of carbonyl (C=O) groups is 3. The summed E-state index contributed by atoms with van der Waals surface area (Å²) in [5, 5.41) is 8.10. The molecule has 0 radical (unpaired) electrons. The van der Waals surface area contributed by atoms with Gasteiger partial charge in [0.2, 0.25) is 11.8 Å². The van der Waals surface area contributed by atoms with Gasteiger partial charge >= 0.3 is 0 Å². The van der Waals surface area contributed by atoms with Crippen LogP contribution in [0.1, 0.15) is 22.3 Å². The molecule has 1 aliphatic heterocycles. The highest BCUT2D eigenvalue weighted by Gasteiger charge is 2.29. The first-order chi connectivity index (χ1) is 15.1. The zero-order valence-electron chi connectivity index (χ0n) is 16.6. The van der Waals surface area contributed by atoms with E-state index in [0.29, 0.717) is 17.0 Å². The van der Waals surface area contributed by atoms with Crippen LogP contribution in [0, 0.1) is 0 Å². The lowest BCUT2D eigenvalue weighted by Gasteiger charge is -2.14. The maximum atomic E-state index is 12.4. The number of fused-ring (bicyclic) bond motifs is 1. The number of anilines is 1. The Hall–Kier alpha value is -4.13. The molecule has 0 spiro atoms. The summed E-state index contributed by atoms with van der Waals surface area (Å²) >= 11 is 0. The molecule has 7 heteroatoms. The fourth-order valence-corrected chi connectivity index (χ4v) is 3.26. The molecule has 3 amide bonds. The fourth-order valence-electron chi connectivity index (χ4n) is 3.26. The third-order valence-corrected chi connectivity index (χ3v) is 4.81. The number of hydrogen-bond acceptors (Lipinski definition) is 4. The highest BCUT2D eigenvalue weighted by Crippen LogP contribution is 2.22. The van der Waals surface area contributed by atoms with Crippen molar-refractivity contribution in [3.05, 3.63) is 90.0 Å². The van der Waals surface area contributed by atoms with Crippen LogP contribution >= 0.6 is 0 Å². The monoisotopic (exact) mass is 415 g/mol. The van der Waals surface area contributed by atoms with Gasteiger partial charge in [-0.05, 0) is 42.0 Å². The maximum Gasteiger partial charge on any atom is 0.254 e. The zero-order valence-corrected chi connectivity index (χ0v) is 16.6. The minimum absolute atomic E-state index is 0.161. The van der Waals surface area contributed by atoms with Gasteiger partial charge < -0.3 is 20.7 Å². The van der Waals surface area contributed by atoms with Crippen molar-refractivity contribution >= 4 is 23.4 Å². The Bertz CT molecular complexity index is 1110. The first kappa shape index (κ1) is 20.2. The number of hydrogen-bond donors (Lipinski definition) is 3. The minimum Gasteiger partial charge on any atom is -0.457 e. The molecule has 0 saturated carbocycles. The standard InChI is InChI=1S/C24H21N3O4/c28-22(14-21-24(30)26-20-12-5-4-11-19(20)23(29)27-21)25-15-16-7-6-10-18(13-16)31-17-8-2-1-3-9-17/h1-13,21H,14-15H2,(H,25,28)(H,26,30)(H,27,29). The highest BCUT2D eigenvalue weighted by molar-refractivity contribution is 6.10. The normalized spacial score (nSPS) is 15.2. The van der Waals surface area contributed by atoms with Gasteiger partial charge in [-0.1, -0.05) is 42.5 Å². The molecule has 0 saturated heterocycles. The molecule has 31 heavy (non-hydrogen) atoms. The number of ether oxygens (including phenoxy) is 1. The number of carbonyl (C=O) groups excluding carboxylic acids is 3. The van der Waals surface area contributed by atoms with Gasteiger partial charge in [-0.2, -0.15) is 0 Å². The van der Waals surface area contributed by atoms with Crippen LogP contribution in [0.4, 0.5) is 5.69 Å². The van der Waals surface area contributed by atoms with E-state index >= 15 is 0 Å². The average molecular weight is 415 g/mol. The Morgan fingerprint density at radius 1 is 0.903 bits per heavy atom. The molecule has 4 rings (SSSR count). The average Bonchev–Trinajstić information content (AvgIpc) is 2.89. The van der Waals surface area contributed by atoms with Gasteiger partial charge in [0.25, 0.3) is 5.91 Å². The molecule has 3 aromatic rings. The molecule has 1 unspecified atom stereocenters. The number of amides is 3. The lowest BCUT2D eigenvalue weighted by Crippen LogP contribution is -2.44. The van der Waals surface area contributed by atoms with E-state index in [9.17, 15) is 14.4 Å². The molecule has 0 aromatic heterocycles. The molecular weight excluding hydrogens is 394 g/mol. The van der Waals surface area contributed by atoms with Crippen LogP contribution in [-0.4, -0.2) is 23.8 Å². The van der Waals surface area contributed by atoms with Crippen molar-refractivity contribution in [1.29, 1.82) is 0 Å². The van der Waals surface area contributed by atoms with E-state index in [-0.39, 0.29) is 18.9 Å². The van der Waals surface area contributed by atoms with Gasteiger partial charge in [-0.25, -0.2) is 0 Å². The van der Waals surface area contributed by atoms with E-state index in [4.69, 9.17) is 4.74 Å². The van der Waals surface area contributed by atoms with Crippen molar-refractivity contribution in [2.75, 3.05) is 5.32 Å². The Labute approximate surface area is 179 Å². The van der Waals surface area contributed by atoms with E-state index in [1.165, 1.54) is 0 Å². The van der Waals surface area contributed by atoms with Crippen LogP contribution in [0.2, 0.25) is 0 Å². The molecule has 1 heterocycles. The molecule has 0 bridgehead atoms. The lowest BCUT2D eigenvalue weighted by molar-refractivity contribution is -0.125. The van der Waals surface area contributed by atoms with E-state index in [2.05, 4.69) is 16.0 Å². The predicted octanol–water partition coefficient (Wildman–Crippen LogP) is 3.24. The third kappa shape index (κ3) is 5.08. The van der Waals surface area contributed by atoms with Gasteiger partial charge in [-0.3, -0.25) is 14.4 Å². The lowest BCUT2D eigenvalue weighted by atomic mass is 10.1. The summed E-state index contributed by atoms with van der Waals surface area (Å²) in [7, 11) is 0. The van der Waals surface area contributed by atoms with Crippen molar-refractivity contribution in [1.82, 2.24) is 10.6 Å². The molecule has 0 fully saturated rings. The largest absolute Gasteiger partial charge is 0.457 e. The topological polar surface area (TPSA) is 96.5 Å². The van der Waals surface area contributed by atoms with Gasteiger partial charge in [0.15, 0.2) is 0 Å². The minimum atomic E-state index is -0.951. The Balaban J connectivity index is 1.34. The SMILES string of the molecule is O=C(CC1NC(=O)c2ccccc2NC1=O)NCc1cccc(Oc2ccccc2)c1. The van der Waals surface area contributed by atoms with Gasteiger partial charge in [0.1, 0.15) is 17.5 Å². The van der Waals surface area contributed by atoms with Gasteiger partial charge in [0.05, 0.1) is 17.7 Å². The number of benzene rings is 3. The maximum absolute atomic E-state index is 12.4. The van der Waals surface area contributed by atoms with Crippen molar-refractivity contribution in [3.8, 4) is 11.5 Å². The molecule has 156 valence electrons. The summed E-state index contributed by atoms with van der Waals surface area (Å²) in [6, 6.07) is 22.6. The summed E-state index contributed by atoms with van der Waals surface area (Å²) in [6.07, 6.45) is -0.161. The van der Waals surface area contributed by atoms with E-state index in [1.807, 2.05) is 54.6 Å². The van der Waals surface area contributed by atoms with Crippen molar-refractivity contribution < 1.29 is 19.1 Å². The van der Waals surface area contributed by atoms with Gasteiger partial charge in [0, 0.05) is 6.54 Å². The molecule has 3 N–H and O–H groups in total. The van der Waals surface area contributed by atoms with E-state index in [1.54, 1.807) is 24.3 Å². The fraction of sp³-hybridized carbons (Fsp3) is 0.125. The van der Waals surface area contributed by atoms with Crippen molar-refractivity contribution in [3.63, 3.8) is 0 Å². The van der Waals surface area contributed by atoms with Crippen molar-refractivity contribution in [2.45, 2.75) is 19.0 Å². The smallest absolute Gasteiger partial charge is 0.254 e. The molecular formula is C24H21N3O4. The van der Waals surface area contributed by atoms with E-state index in [0.717, 1.165) is 11.3 Å². The first-order valence-corrected chi connectivity index (χ1v) is 9.88. The Kier molecular flexibility index (Phi) is 5.93. The molecule has 1 aliphatic rings. The summed E-state index contributed by atoms with van der Waals surface area (Å²) in [6.45, 7) is 0.271. The molecule has 0 aliphatic carbocycles. The number of nitrogens with one attached hydrogen (secondary N) is 3. The Morgan fingerprint density at radius 3 is 2.48 bits per heavy atom. The summed E-state index contributed by atoms with van der Waals surface area (Å²) < 4.78 is 5.80. The third-order valence-electron chi connectivity index (χ3n) is 4.81. The molecule has 3 aromatic carbocycles. The second-order valence-corrected chi connectivity index (χ2v) is 7.10.